The summed E-state index contributed by atoms with van der Waals surface area (Å²) in [5.74, 6) is 0.00946. The minimum Gasteiger partial charge on any atom is -0.342 e. The molecule has 3 rings (SSSR count). The molecule has 0 aliphatic carbocycles. The van der Waals surface area contributed by atoms with Crippen LogP contribution in [-0.4, -0.2) is 51.6 Å². The summed E-state index contributed by atoms with van der Waals surface area (Å²) in [6.07, 6.45) is 6.73. The van der Waals surface area contributed by atoms with Crippen molar-refractivity contribution in [2.24, 2.45) is 0 Å². The Labute approximate surface area is 144 Å². The highest BCUT2D eigenvalue weighted by Crippen LogP contribution is 2.25. The molecule has 1 aliphatic heterocycles. The van der Waals surface area contributed by atoms with Crippen LogP contribution < -0.4 is 4.90 Å². The second-order valence-electron chi connectivity index (χ2n) is 5.65. The van der Waals surface area contributed by atoms with E-state index in [0.717, 1.165) is 18.7 Å². The van der Waals surface area contributed by atoms with Crippen molar-refractivity contribution >= 4 is 29.1 Å². The zero-order valence-electron chi connectivity index (χ0n) is 13.4. The fraction of sp³-hybridized carbons (Fsp3) is 0.375. The molecule has 0 atom stereocenters. The van der Waals surface area contributed by atoms with Crippen molar-refractivity contribution in [1.82, 2.24) is 19.7 Å². The molecular formula is C16H18ClN5O2. The molecule has 24 heavy (non-hydrogen) atoms. The van der Waals surface area contributed by atoms with Crippen molar-refractivity contribution in [2.45, 2.75) is 19.3 Å². The summed E-state index contributed by atoms with van der Waals surface area (Å²) in [6, 6.07) is 3.65. The van der Waals surface area contributed by atoms with E-state index in [0.29, 0.717) is 18.7 Å². The average Bonchev–Trinajstić information content (AvgIpc) is 3.18. The van der Waals surface area contributed by atoms with Gasteiger partial charge in [-0.3, -0.25) is 14.6 Å². The van der Waals surface area contributed by atoms with Gasteiger partial charge in [-0.25, -0.2) is 4.68 Å². The van der Waals surface area contributed by atoms with E-state index in [1.54, 1.807) is 41.3 Å². The lowest BCUT2D eigenvalue weighted by molar-refractivity contribution is -0.128. The van der Waals surface area contributed by atoms with Gasteiger partial charge in [0.2, 0.25) is 11.8 Å². The SMILES string of the molecule is CN(C(=O)CCN1CCCC1=O)c1cn(-c2cccnc2)nc1Cl. The number of aromatic nitrogens is 3. The molecule has 1 fully saturated rings. The minimum atomic E-state index is -0.109. The Morgan fingerprint density at radius 3 is 2.96 bits per heavy atom. The van der Waals surface area contributed by atoms with E-state index in [9.17, 15) is 9.59 Å². The van der Waals surface area contributed by atoms with E-state index in [4.69, 9.17) is 11.6 Å². The maximum atomic E-state index is 12.4. The van der Waals surface area contributed by atoms with Crippen LogP contribution >= 0.6 is 11.6 Å². The molecule has 3 heterocycles. The third-order valence-corrected chi connectivity index (χ3v) is 4.33. The number of carbonyl (C=O) groups is 2. The second kappa shape index (κ2) is 7.00. The topological polar surface area (TPSA) is 71.3 Å². The quantitative estimate of drug-likeness (QED) is 0.828. The molecule has 0 saturated carbocycles. The van der Waals surface area contributed by atoms with Crippen molar-refractivity contribution in [3.63, 3.8) is 0 Å². The fourth-order valence-corrected chi connectivity index (χ4v) is 2.92. The first-order chi connectivity index (χ1) is 11.6. The first-order valence-electron chi connectivity index (χ1n) is 7.76. The van der Waals surface area contributed by atoms with Crippen molar-refractivity contribution < 1.29 is 9.59 Å². The number of halogens is 1. The monoisotopic (exact) mass is 347 g/mol. The second-order valence-corrected chi connectivity index (χ2v) is 6.01. The van der Waals surface area contributed by atoms with Crippen molar-refractivity contribution in [3.05, 3.63) is 35.9 Å². The minimum absolute atomic E-state index is 0.109. The standard InChI is InChI=1S/C16H18ClN5O2/c1-20(14(23)6-9-21-8-3-5-15(21)24)13-11-22(19-16(13)17)12-4-2-7-18-10-12/h2,4,7,10-11H,3,5-6,8-9H2,1H3. The highest BCUT2D eigenvalue weighted by atomic mass is 35.5. The third kappa shape index (κ3) is 3.41. The van der Waals surface area contributed by atoms with E-state index < -0.39 is 0 Å². The number of likely N-dealkylation sites (tertiary alicyclic amines) is 1. The van der Waals surface area contributed by atoms with Gasteiger partial charge in [0, 0.05) is 39.2 Å². The number of anilines is 1. The van der Waals surface area contributed by atoms with Gasteiger partial charge in [0.15, 0.2) is 5.15 Å². The molecule has 1 saturated heterocycles. The number of hydrogen-bond donors (Lipinski definition) is 0. The molecule has 0 unspecified atom stereocenters. The Morgan fingerprint density at radius 1 is 1.46 bits per heavy atom. The average molecular weight is 348 g/mol. The van der Waals surface area contributed by atoms with Crippen LogP contribution in [0.2, 0.25) is 5.15 Å². The molecule has 0 bridgehead atoms. The predicted molar refractivity (Wildman–Crippen MR) is 90.2 cm³/mol. The summed E-state index contributed by atoms with van der Waals surface area (Å²) in [6.45, 7) is 1.17. The summed E-state index contributed by atoms with van der Waals surface area (Å²) < 4.78 is 1.58. The number of pyridine rings is 1. The van der Waals surface area contributed by atoms with Crippen LogP contribution in [0.15, 0.2) is 30.7 Å². The molecule has 2 aromatic heterocycles. The van der Waals surface area contributed by atoms with Crippen LogP contribution in [0.5, 0.6) is 0 Å². The first-order valence-corrected chi connectivity index (χ1v) is 8.14. The molecule has 0 radical (unpaired) electrons. The zero-order valence-corrected chi connectivity index (χ0v) is 14.1. The molecule has 0 spiro atoms. The number of carbonyl (C=O) groups excluding carboxylic acids is 2. The van der Waals surface area contributed by atoms with E-state index in [2.05, 4.69) is 10.1 Å². The van der Waals surface area contributed by atoms with Crippen LogP contribution in [0.1, 0.15) is 19.3 Å². The lowest BCUT2D eigenvalue weighted by Crippen LogP contribution is -2.32. The van der Waals surface area contributed by atoms with Crippen molar-refractivity contribution in [3.8, 4) is 5.69 Å². The van der Waals surface area contributed by atoms with Gasteiger partial charge < -0.3 is 9.80 Å². The Hall–Kier alpha value is -2.41. The van der Waals surface area contributed by atoms with E-state index in [1.807, 2.05) is 6.07 Å². The summed E-state index contributed by atoms with van der Waals surface area (Å²) in [4.78, 5) is 31.2. The Bertz CT molecular complexity index is 746. The molecule has 0 aromatic carbocycles. The number of amides is 2. The zero-order chi connectivity index (χ0) is 17.1. The van der Waals surface area contributed by atoms with E-state index >= 15 is 0 Å². The molecule has 2 amide bonds. The molecule has 8 heteroatoms. The Balaban J connectivity index is 1.68. The molecule has 1 aliphatic rings. The molecular weight excluding hydrogens is 330 g/mol. The van der Waals surface area contributed by atoms with Gasteiger partial charge in [-0.15, -0.1) is 0 Å². The van der Waals surface area contributed by atoms with Crippen molar-refractivity contribution in [2.75, 3.05) is 25.0 Å². The fourth-order valence-electron chi connectivity index (χ4n) is 2.66. The highest BCUT2D eigenvalue weighted by Gasteiger charge is 2.23. The Kier molecular flexibility index (Phi) is 4.80. The van der Waals surface area contributed by atoms with E-state index in [-0.39, 0.29) is 23.4 Å². The lowest BCUT2D eigenvalue weighted by Gasteiger charge is -2.19. The molecule has 2 aromatic rings. The maximum absolute atomic E-state index is 12.4. The molecule has 7 nitrogen and oxygen atoms in total. The number of hydrogen-bond acceptors (Lipinski definition) is 4. The largest absolute Gasteiger partial charge is 0.342 e. The predicted octanol–water partition coefficient (Wildman–Crippen LogP) is 1.90. The van der Waals surface area contributed by atoms with E-state index in [1.165, 1.54) is 4.90 Å². The summed E-state index contributed by atoms with van der Waals surface area (Å²) >= 11 is 6.17. The number of rotatable bonds is 5. The maximum Gasteiger partial charge on any atom is 0.228 e. The van der Waals surface area contributed by atoms with Gasteiger partial charge in [0.25, 0.3) is 0 Å². The lowest BCUT2D eigenvalue weighted by atomic mass is 10.3. The van der Waals surface area contributed by atoms with Gasteiger partial charge in [0.05, 0.1) is 18.1 Å². The summed E-state index contributed by atoms with van der Waals surface area (Å²) in [5, 5.41) is 4.46. The van der Waals surface area contributed by atoms with Gasteiger partial charge in [-0.2, -0.15) is 5.10 Å². The van der Waals surface area contributed by atoms with Crippen LogP contribution in [0.3, 0.4) is 0 Å². The van der Waals surface area contributed by atoms with Gasteiger partial charge in [0.1, 0.15) is 5.69 Å². The molecule has 0 N–H and O–H groups in total. The van der Waals surface area contributed by atoms with Gasteiger partial charge in [-0.05, 0) is 18.6 Å². The number of nitrogens with zero attached hydrogens (tertiary/aromatic N) is 5. The normalized spacial score (nSPS) is 14.2. The van der Waals surface area contributed by atoms with Crippen molar-refractivity contribution in [1.29, 1.82) is 0 Å². The smallest absolute Gasteiger partial charge is 0.228 e. The van der Waals surface area contributed by atoms with Crippen LogP contribution in [-0.2, 0) is 9.59 Å². The summed E-state index contributed by atoms with van der Waals surface area (Å²) in [7, 11) is 1.66. The Morgan fingerprint density at radius 2 is 2.29 bits per heavy atom. The van der Waals surface area contributed by atoms with Crippen LogP contribution in [0.25, 0.3) is 5.69 Å². The van der Waals surface area contributed by atoms with Crippen LogP contribution in [0.4, 0.5) is 5.69 Å². The first kappa shape index (κ1) is 16.4. The molecule has 126 valence electrons. The highest BCUT2D eigenvalue weighted by molar-refractivity contribution is 6.32. The van der Waals surface area contributed by atoms with Gasteiger partial charge >= 0.3 is 0 Å². The van der Waals surface area contributed by atoms with Gasteiger partial charge in [-0.1, -0.05) is 11.6 Å². The summed E-state index contributed by atoms with van der Waals surface area (Å²) in [5.41, 5.74) is 1.28. The third-order valence-electron chi connectivity index (χ3n) is 4.06. The van der Waals surface area contributed by atoms with Crippen LogP contribution in [0, 0.1) is 0 Å².